The first-order valence-electron chi connectivity index (χ1n) is 8.24. The molecule has 2 aliphatic heterocycles. The Morgan fingerprint density at radius 2 is 1.73 bits per heavy atom. The van der Waals surface area contributed by atoms with Crippen LogP contribution < -0.4 is 0 Å². The van der Waals surface area contributed by atoms with Crippen molar-refractivity contribution in [2.75, 3.05) is 6.61 Å². The molecule has 2 aliphatic rings. The van der Waals surface area contributed by atoms with E-state index in [2.05, 4.69) is 6.07 Å². The fourth-order valence-corrected chi connectivity index (χ4v) is 4.13. The lowest BCUT2D eigenvalue weighted by Gasteiger charge is -2.26. The van der Waals surface area contributed by atoms with Crippen LogP contribution in [-0.2, 0) is 22.4 Å². The summed E-state index contributed by atoms with van der Waals surface area (Å²) < 4.78 is 5.95. The molecule has 1 aromatic carbocycles. The van der Waals surface area contributed by atoms with Gasteiger partial charge < -0.3 is 14.9 Å². The van der Waals surface area contributed by atoms with Gasteiger partial charge in [0.25, 0.3) is 0 Å². The van der Waals surface area contributed by atoms with Gasteiger partial charge in [0.1, 0.15) is 0 Å². The molecule has 4 heteroatoms. The molecule has 22 heavy (non-hydrogen) atoms. The fourth-order valence-electron chi connectivity index (χ4n) is 4.13. The third-order valence-electron chi connectivity index (χ3n) is 5.27. The van der Waals surface area contributed by atoms with Crippen molar-refractivity contribution in [2.45, 2.75) is 50.7 Å². The van der Waals surface area contributed by atoms with Crippen LogP contribution in [0.2, 0.25) is 0 Å². The van der Waals surface area contributed by atoms with Gasteiger partial charge in [-0.2, -0.15) is 0 Å². The molecule has 2 N–H and O–H groups in total. The quantitative estimate of drug-likeness (QED) is 0.812. The van der Waals surface area contributed by atoms with E-state index in [4.69, 9.17) is 9.84 Å². The first-order valence-corrected chi connectivity index (χ1v) is 8.24. The molecule has 0 radical (unpaired) electrons. The second kappa shape index (κ2) is 6.80. The summed E-state index contributed by atoms with van der Waals surface area (Å²) in [5.74, 6) is -0.0298. The molecule has 3 rings (SSSR count). The summed E-state index contributed by atoms with van der Waals surface area (Å²) in [5, 5.41) is 18.5. The minimum atomic E-state index is -0.753. The van der Waals surface area contributed by atoms with Gasteiger partial charge in [0.05, 0.1) is 12.2 Å². The van der Waals surface area contributed by atoms with Gasteiger partial charge in [-0.05, 0) is 49.1 Å². The van der Waals surface area contributed by atoms with Crippen LogP contribution in [0.4, 0.5) is 0 Å². The second-order valence-electron chi connectivity index (χ2n) is 6.50. The first-order chi connectivity index (χ1) is 10.7. The molecule has 0 amide bonds. The van der Waals surface area contributed by atoms with E-state index in [1.165, 1.54) is 5.56 Å². The highest BCUT2D eigenvalue weighted by Crippen LogP contribution is 2.45. The average molecular weight is 304 g/mol. The van der Waals surface area contributed by atoms with Crippen LogP contribution in [0.15, 0.2) is 24.3 Å². The topological polar surface area (TPSA) is 66.8 Å². The van der Waals surface area contributed by atoms with Gasteiger partial charge in [0, 0.05) is 18.9 Å². The largest absolute Gasteiger partial charge is 0.481 e. The van der Waals surface area contributed by atoms with Crippen molar-refractivity contribution in [1.82, 2.24) is 0 Å². The third-order valence-corrected chi connectivity index (χ3v) is 5.27. The summed E-state index contributed by atoms with van der Waals surface area (Å²) in [6.07, 6.45) is 5.47. The molecule has 120 valence electrons. The van der Waals surface area contributed by atoms with Crippen LogP contribution in [0.3, 0.4) is 0 Å². The lowest BCUT2D eigenvalue weighted by atomic mass is 9.76. The maximum absolute atomic E-state index is 10.8. The third kappa shape index (κ3) is 3.18. The minimum absolute atomic E-state index is 0.174. The summed E-state index contributed by atoms with van der Waals surface area (Å²) in [7, 11) is 0. The number of fused-ring (bicyclic) bond motifs is 2. The highest BCUT2D eigenvalue weighted by Gasteiger charge is 2.47. The van der Waals surface area contributed by atoms with Crippen LogP contribution >= 0.6 is 0 Å². The molecule has 2 heterocycles. The number of rotatable bonds is 7. The summed E-state index contributed by atoms with van der Waals surface area (Å²) in [6, 6.07) is 8.11. The van der Waals surface area contributed by atoms with Crippen molar-refractivity contribution >= 4 is 5.97 Å². The standard InChI is InChI=1S/C18H24O4/c19-11-15-14(16-8-9-17(15)22-16)7-5-12-3-1-2-4-13(12)6-10-18(20)21/h1-4,14-17,19H,5-11H2,(H,20,21)/t14-,15+,16+,17-/m1/s1. The monoisotopic (exact) mass is 304 g/mol. The Morgan fingerprint density at radius 3 is 2.36 bits per heavy atom. The lowest BCUT2D eigenvalue weighted by Crippen LogP contribution is -2.30. The van der Waals surface area contributed by atoms with Gasteiger partial charge in [-0.15, -0.1) is 0 Å². The smallest absolute Gasteiger partial charge is 0.303 e. The average Bonchev–Trinajstić information content (AvgIpc) is 3.12. The molecule has 0 spiro atoms. The highest BCUT2D eigenvalue weighted by atomic mass is 16.5. The van der Waals surface area contributed by atoms with Crippen LogP contribution in [0.25, 0.3) is 0 Å². The van der Waals surface area contributed by atoms with Crippen molar-refractivity contribution in [3.63, 3.8) is 0 Å². The summed E-state index contributed by atoms with van der Waals surface area (Å²) in [5.41, 5.74) is 2.37. The predicted molar refractivity (Wildman–Crippen MR) is 82.7 cm³/mol. The number of carboxylic acids is 1. The van der Waals surface area contributed by atoms with Gasteiger partial charge in [-0.1, -0.05) is 24.3 Å². The molecule has 0 aliphatic carbocycles. The van der Waals surface area contributed by atoms with Gasteiger partial charge in [-0.3, -0.25) is 4.79 Å². The first kappa shape index (κ1) is 15.5. The van der Waals surface area contributed by atoms with Crippen molar-refractivity contribution in [3.8, 4) is 0 Å². The van der Waals surface area contributed by atoms with Gasteiger partial charge in [-0.25, -0.2) is 0 Å². The van der Waals surface area contributed by atoms with Crippen LogP contribution in [0.5, 0.6) is 0 Å². The molecule has 1 aromatic rings. The van der Waals surface area contributed by atoms with Gasteiger partial charge in [0.2, 0.25) is 0 Å². The Hall–Kier alpha value is -1.39. The molecular weight excluding hydrogens is 280 g/mol. The molecular formula is C18H24O4. The van der Waals surface area contributed by atoms with Crippen LogP contribution in [-0.4, -0.2) is 35.0 Å². The number of hydrogen-bond acceptors (Lipinski definition) is 3. The Balaban J connectivity index is 1.63. The number of benzene rings is 1. The minimum Gasteiger partial charge on any atom is -0.481 e. The van der Waals surface area contributed by atoms with E-state index in [0.29, 0.717) is 18.4 Å². The number of hydrogen-bond donors (Lipinski definition) is 2. The molecule has 0 saturated carbocycles. The van der Waals surface area contributed by atoms with Gasteiger partial charge in [0.15, 0.2) is 0 Å². The number of aliphatic carboxylic acids is 1. The van der Waals surface area contributed by atoms with E-state index >= 15 is 0 Å². The summed E-state index contributed by atoms with van der Waals surface area (Å²) in [4.78, 5) is 10.8. The maximum atomic E-state index is 10.8. The molecule has 4 nitrogen and oxygen atoms in total. The second-order valence-corrected chi connectivity index (χ2v) is 6.50. The molecule has 4 atom stereocenters. The lowest BCUT2D eigenvalue weighted by molar-refractivity contribution is -0.136. The van der Waals surface area contributed by atoms with E-state index in [-0.39, 0.29) is 25.0 Å². The number of aryl methyl sites for hydroxylation is 2. The van der Waals surface area contributed by atoms with E-state index in [9.17, 15) is 9.90 Å². The number of aliphatic hydroxyl groups is 1. The van der Waals surface area contributed by atoms with Crippen molar-refractivity contribution in [2.24, 2.45) is 11.8 Å². The van der Waals surface area contributed by atoms with E-state index in [0.717, 1.165) is 31.2 Å². The Kier molecular flexibility index (Phi) is 4.79. The maximum Gasteiger partial charge on any atom is 0.303 e. The van der Waals surface area contributed by atoms with Crippen molar-refractivity contribution < 1.29 is 19.7 Å². The summed E-state index contributed by atoms with van der Waals surface area (Å²) in [6.45, 7) is 0.215. The molecule has 0 aromatic heterocycles. The van der Waals surface area contributed by atoms with Gasteiger partial charge >= 0.3 is 5.97 Å². The number of aliphatic hydroxyl groups excluding tert-OH is 1. The van der Waals surface area contributed by atoms with E-state index in [1.807, 2.05) is 18.2 Å². The zero-order valence-electron chi connectivity index (χ0n) is 12.8. The zero-order chi connectivity index (χ0) is 15.5. The Bertz CT molecular complexity index is 528. The molecule has 2 saturated heterocycles. The normalized spacial score (nSPS) is 29.9. The molecule has 2 fully saturated rings. The highest BCUT2D eigenvalue weighted by molar-refractivity contribution is 5.67. The SMILES string of the molecule is O=C(O)CCc1ccccc1CC[C@@H]1[C@H](CO)[C@H]2CC[C@@H]1O2. The molecule has 2 bridgehead atoms. The zero-order valence-corrected chi connectivity index (χ0v) is 12.8. The predicted octanol–water partition coefficient (Wildman–Crippen LogP) is 2.42. The van der Waals surface area contributed by atoms with Crippen LogP contribution in [0.1, 0.15) is 36.8 Å². The number of ether oxygens (including phenoxy) is 1. The fraction of sp³-hybridized carbons (Fsp3) is 0.611. The van der Waals surface area contributed by atoms with E-state index < -0.39 is 5.97 Å². The van der Waals surface area contributed by atoms with Crippen molar-refractivity contribution in [1.29, 1.82) is 0 Å². The van der Waals surface area contributed by atoms with E-state index in [1.54, 1.807) is 0 Å². The Labute approximate surface area is 131 Å². The Morgan fingerprint density at radius 1 is 1.09 bits per heavy atom. The number of carboxylic acid groups (broad SMARTS) is 1. The number of carbonyl (C=O) groups is 1. The molecule has 0 unspecified atom stereocenters. The van der Waals surface area contributed by atoms with Crippen molar-refractivity contribution in [3.05, 3.63) is 35.4 Å². The van der Waals surface area contributed by atoms with Crippen LogP contribution in [0, 0.1) is 11.8 Å². The summed E-state index contributed by atoms with van der Waals surface area (Å²) >= 11 is 0.